The highest BCUT2D eigenvalue weighted by molar-refractivity contribution is 5.79. The molecule has 1 heterocycles. The first-order chi connectivity index (χ1) is 7.24. The van der Waals surface area contributed by atoms with Crippen LogP contribution in [0.5, 0.6) is 0 Å². The normalized spacial score (nSPS) is 18.0. The number of carbonyl (C=O) groups is 1. The summed E-state index contributed by atoms with van der Waals surface area (Å²) in [7, 11) is 0. The largest absolute Gasteiger partial charge is 0.399 e. The number of ketones is 1. The maximum absolute atomic E-state index is 11.1. The third-order valence-corrected chi connectivity index (χ3v) is 2.80. The minimum absolute atomic E-state index is 0.392. The predicted molar refractivity (Wildman–Crippen MR) is 60.4 cm³/mol. The van der Waals surface area contributed by atoms with E-state index in [0.717, 1.165) is 25.3 Å². The molecule has 0 bridgehead atoms. The molecule has 1 fully saturated rings. The van der Waals surface area contributed by atoms with Gasteiger partial charge in [-0.15, -0.1) is 0 Å². The zero-order valence-electron chi connectivity index (χ0n) is 8.78. The summed E-state index contributed by atoms with van der Waals surface area (Å²) < 4.78 is 0. The Hall–Kier alpha value is -1.35. The molecule has 0 aliphatic carbocycles. The summed E-state index contributed by atoms with van der Waals surface area (Å²) in [5.41, 5.74) is 7.68. The fourth-order valence-corrected chi connectivity index (χ4v) is 1.84. The standard InChI is InChI=1S/C12H16N2O/c13-11-3-1-10(2-4-11)9-14-7-5-12(15)6-8-14/h1-4H,5-9,13H2. The number of rotatable bonds is 2. The molecule has 0 aromatic heterocycles. The Kier molecular flexibility index (Phi) is 3.02. The number of hydrogen-bond acceptors (Lipinski definition) is 3. The van der Waals surface area contributed by atoms with E-state index in [1.165, 1.54) is 5.56 Å². The SMILES string of the molecule is Nc1ccc(CN2CCC(=O)CC2)cc1. The molecule has 15 heavy (non-hydrogen) atoms. The summed E-state index contributed by atoms with van der Waals surface area (Å²) in [5.74, 6) is 0.392. The summed E-state index contributed by atoms with van der Waals surface area (Å²) in [6.07, 6.45) is 1.41. The topological polar surface area (TPSA) is 46.3 Å². The molecule has 1 aromatic rings. The number of piperidine rings is 1. The third kappa shape index (κ3) is 2.80. The highest BCUT2D eigenvalue weighted by Crippen LogP contribution is 2.12. The van der Waals surface area contributed by atoms with E-state index < -0.39 is 0 Å². The van der Waals surface area contributed by atoms with Gasteiger partial charge in [0.1, 0.15) is 5.78 Å². The second kappa shape index (κ2) is 4.45. The molecule has 1 aliphatic rings. The number of carbonyl (C=O) groups excluding carboxylic acids is 1. The number of likely N-dealkylation sites (tertiary alicyclic amines) is 1. The molecule has 1 aliphatic heterocycles. The van der Waals surface area contributed by atoms with E-state index in [-0.39, 0.29) is 0 Å². The number of Topliss-reactive ketones (excluding diaryl/α,β-unsaturated/α-hetero) is 1. The van der Waals surface area contributed by atoms with Crippen molar-refractivity contribution >= 4 is 11.5 Å². The van der Waals surface area contributed by atoms with Crippen LogP contribution in [0.3, 0.4) is 0 Å². The minimum atomic E-state index is 0.392. The van der Waals surface area contributed by atoms with Crippen molar-refractivity contribution in [2.75, 3.05) is 18.8 Å². The van der Waals surface area contributed by atoms with Crippen molar-refractivity contribution in [3.63, 3.8) is 0 Å². The first kappa shape index (κ1) is 10.2. The van der Waals surface area contributed by atoms with E-state index in [4.69, 9.17) is 5.73 Å². The van der Waals surface area contributed by atoms with E-state index >= 15 is 0 Å². The van der Waals surface area contributed by atoms with Crippen LogP contribution < -0.4 is 5.73 Å². The molecule has 0 atom stereocenters. The van der Waals surface area contributed by atoms with Crippen LogP contribution in [-0.4, -0.2) is 23.8 Å². The molecule has 0 spiro atoms. The number of nitrogens with zero attached hydrogens (tertiary/aromatic N) is 1. The quantitative estimate of drug-likeness (QED) is 0.741. The van der Waals surface area contributed by atoms with Gasteiger partial charge in [0.05, 0.1) is 0 Å². The Balaban J connectivity index is 1.91. The lowest BCUT2D eigenvalue weighted by atomic mass is 10.1. The molecule has 0 radical (unpaired) electrons. The molecule has 3 heteroatoms. The van der Waals surface area contributed by atoms with Crippen LogP contribution in [0.4, 0.5) is 5.69 Å². The van der Waals surface area contributed by atoms with Crippen molar-refractivity contribution < 1.29 is 4.79 Å². The van der Waals surface area contributed by atoms with Gasteiger partial charge >= 0.3 is 0 Å². The summed E-state index contributed by atoms with van der Waals surface area (Å²) in [5, 5.41) is 0. The molecule has 0 saturated carbocycles. The average molecular weight is 204 g/mol. The van der Waals surface area contributed by atoms with Crippen molar-refractivity contribution in [3.05, 3.63) is 29.8 Å². The minimum Gasteiger partial charge on any atom is -0.399 e. The highest BCUT2D eigenvalue weighted by Gasteiger charge is 2.15. The van der Waals surface area contributed by atoms with Crippen LogP contribution in [0.25, 0.3) is 0 Å². The van der Waals surface area contributed by atoms with Crippen molar-refractivity contribution in [1.29, 1.82) is 0 Å². The van der Waals surface area contributed by atoms with Gasteiger partial charge in [0, 0.05) is 38.2 Å². The zero-order valence-corrected chi connectivity index (χ0v) is 8.78. The van der Waals surface area contributed by atoms with Crippen molar-refractivity contribution in [2.45, 2.75) is 19.4 Å². The predicted octanol–water partition coefficient (Wildman–Crippen LogP) is 1.43. The lowest BCUT2D eigenvalue weighted by molar-refractivity contribution is -0.121. The van der Waals surface area contributed by atoms with Crippen LogP contribution >= 0.6 is 0 Å². The maximum atomic E-state index is 11.1. The van der Waals surface area contributed by atoms with Gasteiger partial charge in [-0.25, -0.2) is 0 Å². The summed E-state index contributed by atoms with van der Waals surface area (Å²) in [6, 6.07) is 7.94. The molecule has 0 unspecified atom stereocenters. The molecule has 3 nitrogen and oxygen atoms in total. The third-order valence-electron chi connectivity index (χ3n) is 2.80. The van der Waals surface area contributed by atoms with Gasteiger partial charge in [-0.1, -0.05) is 12.1 Å². The van der Waals surface area contributed by atoms with Crippen molar-refractivity contribution in [3.8, 4) is 0 Å². The smallest absolute Gasteiger partial charge is 0.135 e. The van der Waals surface area contributed by atoms with Crippen LogP contribution in [-0.2, 0) is 11.3 Å². The van der Waals surface area contributed by atoms with E-state index in [1.54, 1.807) is 0 Å². The van der Waals surface area contributed by atoms with Gasteiger partial charge < -0.3 is 5.73 Å². The van der Waals surface area contributed by atoms with E-state index in [2.05, 4.69) is 4.90 Å². The Morgan fingerprint density at radius 2 is 1.73 bits per heavy atom. The zero-order chi connectivity index (χ0) is 10.7. The fourth-order valence-electron chi connectivity index (χ4n) is 1.84. The highest BCUT2D eigenvalue weighted by atomic mass is 16.1. The average Bonchev–Trinajstić information content (AvgIpc) is 2.25. The first-order valence-electron chi connectivity index (χ1n) is 5.32. The molecule has 1 saturated heterocycles. The molecule has 80 valence electrons. The number of nitrogen functional groups attached to an aromatic ring is 1. The van der Waals surface area contributed by atoms with E-state index in [9.17, 15) is 4.79 Å². The number of hydrogen-bond donors (Lipinski definition) is 1. The lowest BCUT2D eigenvalue weighted by Crippen LogP contribution is -2.33. The monoisotopic (exact) mass is 204 g/mol. The lowest BCUT2D eigenvalue weighted by Gasteiger charge is -2.25. The second-order valence-electron chi connectivity index (χ2n) is 4.06. The van der Waals surface area contributed by atoms with Gasteiger partial charge in [0.2, 0.25) is 0 Å². The number of benzene rings is 1. The van der Waals surface area contributed by atoms with Gasteiger partial charge in [-0.05, 0) is 17.7 Å². The Labute approximate surface area is 89.9 Å². The van der Waals surface area contributed by atoms with Crippen LogP contribution in [0.15, 0.2) is 24.3 Å². The number of anilines is 1. The van der Waals surface area contributed by atoms with Gasteiger partial charge in [0.15, 0.2) is 0 Å². The summed E-state index contributed by atoms with van der Waals surface area (Å²) in [6.45, 7) is 2.71. The molecule has 0 amide bonds. The van der Waals surface area contributed by atoms with Crippen LogP contribution in [0.1, 0.15) is 18.4 Å². The van der Waals surface area contributed by atoms with Crippen molar-refractivity contribution in [1.82, 2.24) is 4.90 Å². The van der Waals surface area contributed by atoms with E-state index in [1.807, 2.05) is 24.3 Å². The molecule has 1 aromatic carbocycles. The maximum Gasteiger partial charge on any atom is 0.135 e. The van der Waals surface area contributed by atoms with Gasteiger partial charge in [-0.3, -0.25) is 9.69 Å². The Bertz CT molecular complexity index is 335. The van der Waals surface area contributed by atoms with Gasteiger partial charge in [0.25, 0.3) is 0 Å². The summed E-state index contributed by atoms with van der Waals surface area (Å²) in [4.78, 5) is 13.4. The van der Waals surface area contributed by atoms with Gasteiger partial charge in [-0.2, -0.15) is 0 Å². The fraction of sp³-hybridized carbons (Fsp3) is 0.417. The number of nitrogens with two attached hydrogens (primary N) is 1. The first-order valence-corrected chi connectivity index (χ1v) is 5.32. The van der Waals surface area contributed by atoms with Crippen molar-refractivity contribution in [2.24, 2.45) is 0 Å². The molecule has 2 N–H and O–H groups in total. The molecular weight excluding hydrogens is 188 g/mol. The second-order valence-corrected chi connectivity index (χ2v) is 4.06. The Morgan fingerprint density at radius 1 is 1.13 bits per heavy atom. The van der Waals surface area contributed by atoms with Crippen LogP contribution in [0.2, 0.25) is 0 Å². The Morgan fingerprint density at radius 3 is 2.33 bits per heavy atom. The molecule has 2 rings (SSSR count). The molecular formula is C12H16N2O. The van der Waals surface area contributed by atoms with E-state index in [0.29, 0.717) is 18.6 Å². The summed E-state index contributed by atoms with van der Waals surface area (Å²) >= 11 is 0. The van der Waals surface area contributed by atoms with Crippen LogP contribution in [0, 0.1) is 0 Å².